The van der Waals surface area contributed by atoms with Gasteiger partial charge in [-0.2, -0.15) is 0 Å². The summed E-state index contributed by atoms with van der Waals surface area (Å²) in [5, 5.41) is 14.0. The van der Waals surface area contributed by atoms with Crippen molar-refractivity contribution in [1.82, 2.24) is 5.32 Å². The Labute approximate surface area is 206 Å². The molecule has 0 saturated carbocycles. The summed E-state index contributed by atoms with van der Waals surface area (Å²) in [6.07, 6.45) is 7.66. The molecule has 2 heterocycles. The topological polar surface area (TPSA) is 62.8 Å². The maximum absolute atomic E-state index is 7.00. The minimum atomic E-state index is 0.468. The van der Waals surface area contributed by atoms with Crippen molar-refractivity contribution in [2.75, 3.05) is 38.7 Å². The van der Waals surface area contributed by atoms with Crippen LogP contribution >= 0.6 is 0 Å². The van der Waals surface area contributed by atoms with Crippen LogP contribution in [-0.2, 0) is 12.8 Å². The van der Waals surface area contributed by atoms with Crippen LogP contribution in [0, 0.1) is 11.3 Å². The fourth-order valence-electron chi connectivity index (χ4n) is 5.48. The van der Waals surface area contributed by atoms with E-state index in [1.165, 1.54) is 49.9 Å². The van der Waals surface area contributed by atoms with Gasteiger partial charge in [0, 0.05) is 24.9 Å². The first kappa shape index (κ1) is 26.4. The molecule has 0 amide bonds. The van der Waals surface area contributed by atoms with Crippen LogP contribution in [0.4, 0.5) is 5.69 Å². The summed E-state index contributed by atoms with van der Waals surface area (Å²) in [6.45, 7) is 10.9. The second-order valence-corrected chi connectivity index (χ2v) is 10.1. The third-order valence-electron chi connectivity index (χ3n) is 7.30. The van der Waals surface area contributed by atoms with E-state index >= 15 is 0 Å². The average molecular weight is 469 g/mol. The number of aliphatic hydroxyl groups excluding tert-OH is 1. The Morgan fingerprint density at radius 2 is 1.56 bits per heavy atom. The van der Waals surface area contributed by atoms with Gasteiger partial charge in [-0.15, -0.1) is 0 Å². The Morgan fingerprint density at radius 1 is 0.941 bits per heavy atom. The summed E-state index contributed by atoms with van der Waals surface area (Å²) in [6, 6.07) is 15.2. The number of aliphatic hydroxyl groups is 1. The van der Waals surface area contributed by atoms with E-state index in [1.54, 1.807) is 0 Å². The smallest absolute Gasteiger partial charge is 0.163 e. The molecule has 188 valence electrons. The summed E-state index contributed by atoms with van der Waals surface area (Å²) >= 11 is 0. The Kier molecular flexibility index (Phi) is 10.1. The molecule has 5 heteroatoms. The maximum atomic E-state index is 7.00. The molecule has 1 saturated heterocycles. The lowest BCUT2D eigenvalue weighted by Gasteiger charge is -2.37. The van der Waals surface area contributed by atoms with Gasteiger partial charge in [0.15, 0.2) is 11.5 Å². The van der Waals surface area contributed by atoms with Crippen molar-refractivity contribution in [3.05, 3.63) is 53.6 Å². The highest BCUT2D eigenvalue weighted by Gasteiger charge is 2.29. The van der Waals surface area contributed by atoms with Gasteiger partial charge in [0.05, 0.1) is 0 Å². The Morgan fingerprint density at radius 3 is 2.18 bits per heavy atom. The molecule has 2 aromatic rings. The van der Waals surface area contributed by atoms with E-state index in [0.717, 1.165) is 43.1 Å². The molecule has 2 aliphatic heterocycles. The van der Waals surface area contributed by atoms with Gasteiger partial charge in [0.1, 0.15) is 13.2 Å². The quantitative estimate of drug-likeness (QED) is 0.544. The van der Waals surface area contributed by atoms with Crippen molar-refractivity contribution in [3.63, 3.8) is 0 Å². The van der Waals surface area contributed by atoms with Crippen molar-refractivity contribution in [3.8, 4) is 11.5 Å². The van der Waals surface area contributed by atoms with Crippen LogP contribution in [0.2, 0.25) is 0 Å². The van der Waals surface area contributed by atoms with E-state index in [2.05, 4.69) is 61.7 Å². The van der Waals surface area contributed by atoms with E-state index in [9.17, 15) is 0 Å². The summed E-state index contributed by atoms with van der Waals surface area (Å²) in [5.74, 6) is 2.65. The van der Waals surface area contributed by atoms with Crippen LogP contribution in [-0.4, -0.2) is 44.6 Å². The number of ether oxygens (including phenoxy) is 2. The summed E-state index contributed by atoms with van der Waals surface area (Å²) in [4.78, 5) is 0. The molecular formula is C29H44N2O3. The van der Waals surface area contributed by atoms with Gasteiger partial charge >= 0.3 is 0 Å². The van der Waals surface area contributed by atoms with Gasteiger partial charge in [-0.25, -0.2) is 0 Å². The van der Waals surface area contributed by atoms with Gasteiger partial charge < -0.3 is 25.2 Å². The number of benzene rings is 2. The molecule has 5 rings (SSSR count). The van der Waals surface area contributed by atoms with Crippen LogP contribution in [0.5, 0.6) is 11.5 Å². The molecule has 0 spiro atoms. The van der Waals surface area contributed by atoms with E-state index in [0.29, 0.717) is 24.7 Å². The molecule has 0 unspecified atom stereocenters. The number of fused-ring (bicyclic) bond motifs is 2. The number of nitrogens with one attached hydrogen (secondary N) is 2. The predicted molar refractivity (Wildman–Crippen MR) is 141 cm³/mol. The predicted octanol–water partition coefficient (Wildman–Crippen LogP) is 5.46. The number of anilines is 1. The van der Waals surface area contributed by atoms with E-state index in [4.69, 9.17) is 14.6 Å². The van der Waals surface area contributed by atoms with Gasteiger partial charge in [-0.3, -0.25) is 0 Å². The molecule has 0 atom stereocenters. The lowest BCUT2D eigenvalue weighted by atomic mass is 9.71. The standard InChI is InChI=1S/C17H17NO2.C11H23N.CH4O/c1-2-4-13-10-15(9-12(13)3-1)18-14-5-6-16-17(11-14)20-8-7-19-16;1-4-7-11(2,3)10-5-8-12-9-6-10;1-2/h1-6,11,15,18H,7-10H2;10,12H,4-9H2,1-3H3;2H,1H3. The lowest BCUT2D eigenvalue weighted by Crippen LogP contribution is -2.35. The molecule has 5 nitrogen and oxygen atoms in total. The average Bonchev–Trinajstić information content (AvgIpc) is 3.28. The zero-order valence-corrected chi connectivity index (χ0v) is 21.5. The highest BCUT2D eigenvalue weighted by atomic mass is 16.6. The number of rotatable bonds is 5. The van der Waals surface area contributed by atoms with Crippen molar-refractivity contribution >= 4 is 5.69 Å². The number of hydrogen-bond donors (Lipinski definition) is 3. The molecule has 1 fully saturated rings. The molecule has 34 heavy (non-hydrogen) atoms. The summed E-state index contributed by atoms with van der Waals surface area (Å²) < 4.78 is 11.2. The largest absolute Gasteiger partial charge is 0.486 e. The molecule has 3 N–H and O–H groups in total. The summed E-state index contributed by atoms with van der Waals surface area (Å²) in [7, 11) is 1.00. The van der Waals surface area contributed by atoms with Crippen LogP contribution in [0.25, 0.3) is 0 Å². The monoisotopic (exact) mass is 468 g/mol. The Hall–Kier alpha value is -2.24. The Balaban J connectivity index is 0.000000200. The normalized spacial score (nSPS) is 17.6. The van der Waals surface area contributed by atoms with Crippen LogP contribution < -0.4 is 20.1 Å². The first-order chi connectivity index (χ1) is 16.5. The minimum Gasteiger partial charge on any atom is -0.486 e. The minimum absolute atomic E-state index is 0.468. The second kappa shape index (κ2) is 13.0. The van der Waals surface area contributed by atoms with Crippen molar-refractivity contribution < 1.29 is 14.6 Å². The molecule has 3 aliphatic rings. The van der Waals surface area contributed by atoms with Crippen molar-refractivity contribution in [1.29, 1.82) is 0 Å². The first-order valence-electron chi connectivity index (χ1n) is 12.9. The zero-order chi connectivity index (χ0) is 24.4. The number of piperidine rings is 1. The second-order valence-electron chi connectivity index (χ2n) is 10.1. The molecule has 1 aliphatic carbocycles. The van der Waals surface area contributed by atoms with E-state index < -0.39 is 0 Å². The first-order valence-corrected chi connectivity index (χ1v) is 12.9. The fourth-order valence-corrected chi connectivity index (χ4v) is 5.48. The van der Waals surface area contributed by atoms with Gasteiger partial charge in [-0.1, -0.05) is 51.5 Å². The maximum Gasteiger partial charge on any atom is 0.163 e. The molecule has 2 aromatic carbocycles. The highest BCUT2D eigenvalue weighted by Crippen LogP contribution is 2.37. The van der Waals surface area contributed by atoms with E-state index in [1.807, 2.05) is 12.1 Å². The van der Waals surface area contributed by atoms with Gasteiger partial charge in [0.25, 0.3) is 0 Å². The van der Waals surface area contributed by atoms with Crippen LogP contribution in [0.3, 0.4) is 0 Å². The molecule has 0 bridgehead atoms. The highest BCUT2D eigenvalue weighted by molar-refractivity contribution is 5.56. The van der Waals surface area contributed by atoms with Gasteiger partial charge in [-0.05, 0) is 79.8 Å². The van der Waals surface area contributed by atoms with Crippen molar-refractivity contribution in [2.24, 2.45) is 11.3 Å². The zero-order valence-electron chi connectivity index (χ0n) is 21.5. The summed E-state index contributed by atoms with van der Waals surface area (Å²) in [5.41, 5.74) is 4.61. The molecule has 0 aromatic heterocycles. The van der Waals surface area contributed by atoms with Crippen molar-refractivity contribution in [2.45, 2.75) is 65.3 Å². The molecule has 0 radical (unpaired) electrons. The lowest BCUT2D eigenvalue weighted by molar-refractivity contribution is 0.152. The third kappa shape index (κ3) is 7.13. The Bertz CT molecular complexity index is 852. The van der Waals surface area contributed by atoms with Gasteiger partial charge in [0.2, 0.25) is 0 Å². The fraction of sp³-hybridized carbons (Fsp3) is 0.586. The number of hydrogen-bond acceptors (Lipinski definition) is 5. The SMILES string of the molecule is CCCC(C)(C)C1CCNCC1.CO.c1ccc2c(c1)CC(Nc1ccc3c(c1)OCCO3)C2. The van der Waals surface area contributed by atoms with E-state index in [-0.39, 0.29) is 0 Å². The van der Waals surface area contributed by atoms with Crippen LogP contribution in [0.1, 0.15) is 57.6 Å². The third-order valence-corrected chi connectivity index (χ3v) is 7.30. The molecular weight excluding hydrogens is 424 g/mol. The van der Waals surface area contributed by atoms with Crippen LogP contribution in [0.15, 0.2) is 42.5 Å².